The Kier molecular flexibility index (Phi) is 4.70. The average molecular weight is 297 g/mol. The van der Waals surface area contributed by atoms with E-state index in [-0.39, 0.29) is 0 Å². The van der Waals surface area contributed by atoms with Gasteiger partial charge in [-0.25, -0.2) is 0 Å². The van der Waals surface area contributed by atoms with E-state index in [0.29, 0.717) is 12.1 Å². The van der Waals surface area contributed by atoms with Gasteiger partial charge < -0.3 is 5.11 Å². The fourth-order valence-electron chi connectivity index (χ4n) is 1.75. The smallest absolute Gasteiger partial charge is 0.0992 e. The molecule has 1 N–H and O–H groups in total. The van der Waals surface area contributed by atoms with E-state index in [4.69, 9.17) is 5.26 Å². The molecule has 0 aliphatic heterocycles. The van der Waals surface area contributed by atoms with Crippen LogP contribution in [0.4, 0.5) is 0 Å². The van der Waals surface area contributed by atoms with Crippen molar-refractivity contribution in [2.45, 2.75) is 26.0 Å². The number of aliphatic hydroxyl groups is 1. The van der Waals surface area contributed by atoms with Crippen molar-refractivity contribution in [1.29, 1.82) is 5.26 Å². The van der Waals surface area contributed by atoms with Gasteiger partial charge in [0, 0.05) is 17.6 Å². The van der Waals surface area contributed by atoms with Crippen molar-refractivity contribution in [3.8, 4) is 6.07 Å². The van der Waals surface area contributed by atoms with Crippen LogP contribution in [0, 0.1) is 11.3 Å². The van der Waals surface area contributed by atoms with E-state index in [1.165, 1.54) is 0 Å². The Balaban J connectivity index is 2.73. The van der Waals surface area contributed by atoms with Gasteiger partial charge >= 0.3 is 0 Å². The fourth-order valence-corrected chi connectivity index (χ4v) is 2.26. The molecule has 0 aromatic heterocycles. The Morgan fingerprint density at radius 2 is 2.12 bits per heavy atom. The van der Waals surface area contributed by atoms with Gasteiger partial charge in [0.05, 0.1) is 17.2 Å². The Hall–Kier alpha value is -0.890. The summed E-state index contributed by atoms with van der Waals surface area (Å²) in [5, 5.41) is 18.5. The van der Waals surface area contributed by atoms with E-state index in [1.54, 1.807) is 19.9 Å². The lowest BCUT2D eigenvalue weighted by molar-refractivity contribution is 0.0424. The van der Waals surface area contributed by atoms with E-state index in [2.05, 4.69) is 22.0 Å². The van der Waals surface area contributed by atoms with Crippen LogP contribution in [0.5, 0.6) is 0 Å². The molecule has 4 heteroatoms. The highest BCUT2D eigenvalue weighted by Crippen LogP contribution is 2.20. The van der Waals surface area contributed by atoms with E-state index >= 15 is 0 Å². The van der Waals surface area contributed by atoms with Crippen LogP contribution in [-0.2, 0) is 6.54 Å². The molecule has 0 fully saturated rings. The highest BCUT2D eigenvalue weighted by Gasteiger charge is 2.16. The minimum absolute atomic E-state index is 0.597. The van der Waals surface area contributed by atoms with Crippen LogP contribution in [0.2, 0.25) is 0 Å². The molecule has 17 heavy (non-hydrogen) atoms. The molecule has 3 nitrogen and oxygen atoms in total. The number of benzene rings is 1. The molecular weight excluding hydrogens is 280 g/mol. The van der Waals surface area contributed by atoms with Gasteiger partial charge in [0.25, 0.3) is 0 Å². The molecular formula is C13H17BrN2O. The second-order valence-electron chi connectivity index (χ2n) is 4.90. The van der Waals surface area contributed by atoms with Crippen molar-refractivity contribution in [1.82, 2.24) is 4.90 Å². The predicted molar refractivity (Wildman–Crippen MR) is 71.5 cm³/mol. The summed E-state index contributed by atoms with van der Waals surface area (Å²) in [4.78, 5) is 2.05. The predicted octanol–water partition coefficient (Wildman–Crippen LogP) is 2.52. The van der Waals surface area contributed by atoms with Crippen molar-refractivity contribution >= 4 is 15.9 Å². The minimum Gasteiger partial charge on any atom is -0.389 e. The first-order valence-corrected chi connectivity index (χ1v) is 6.20. The van der Waals surface area contributed by atoms with E-state index in [9.17, 15) is 5.11 Å². The molecule has 0 aliphatic rings. The van der Waals surface area contributed by atoms with Crippen molar-refractivity contribution in [3.63, 3.8) is 0 Å². The van der Waals surface area contributed by atoms with Crippen LogP contribution in [0.15, 0.2) is 22.7 Å². The Labute approximate surface area is 111 Å². The summed E-state index contributed by atoms with van der Waals surface area (Å²) in [6.45, 7) is 4.91. The maximum absolute atomic E-state index is 9.72. The van der Waals surface area contributed by atoms with Gasteiger partial charge in [-0.2, -0.15) is 5.26 Å². The lowest BCUT2D eigenvalue weighted by Gasteiger charge is -2.25. The quantitative estimate of drug-likeness (QED) is 0.929. The van der Waals surface area contributed by atoms with Gasteiger partial charge in [0.1, 0.15) is 0 Å². The van der Waals surface area contributed by atoms with Crippen molar-refractivity contribution in [2.24, 2.45) is 0 Å². The first kappa shape index (κ1) is 14.2. The van der Waals surface area contributed by atoms with E-state index in [1.807, 2.05) is 24.1 Å². The van der Waals surface area contributed by atoms with Gasteiger partial charge in [-0.15, -0.1) is 0 Å². The molecule has 0 unspecified atom stereocenters. The van der Waals surface area contributed by atoms with Crippen molar-refractivity contribution in [2.75, 3.05) is 13.6 Å². The zero-order valence-corrected chi connectivity index (χ0v) is 12.0. The normalized spacial score (nSPS) is 11.6. The summed E-state index contributed by atoms with van der Waals surface area (Å²) < 4.78 is 0.930. The summed E-state index contributed by atoms with van der Waals surface area (Å²) in [5.41, 5.74) is 1.05. The Bertz CT molecular complexity index is 432. The van der Waals surface area contributed by atoms with Crippen LogP contribution in [-0.4, -0.2) is 29.2 Å². The van der Waals surface area contributed by atoms with Crippen LogP contribution < -0.4 is 0 Å². The second-order valence-corrected chi connectivity index (χ2v) is 5.76. The SMILES string of the molecule is CN(Cc1ccc(C#N)cc1Br)CC(C)(C)O. The third kappa shape index (κ3) is 4.86. The number of likely N-dealkylation sites (N-methyl/N-ethyl adjacent to an activating group) is 1. The summed E-state index contributed by atoms with van der Waals surface area (Å²) >= 11 is 3.46. The molecule has 92 valence electrons. The number of nitriles is 1. The molecule has 0 saturated heterocycles. The Morgan fingerprint density at radius 1 is 1.47 bits per heavy atom. The number of nitrogens with zero attached hydrogens (tertiary/aromatic N) is 2. The third-order valence-corrected chi connectivity index (χ3v) is 3.02. The molecule has 0 heterocycles. The topological polar surface area (TPSA) is 47.3 Å². The maximum Gasteiger partial charge on any atom is 0.0992 e. The second kappa shape index (κ2) is 5.63. The van der Waals surface area contributed by atoms with Gasteiger partial charge in [-0.3, -0.25) is 4.90 Å². The van der Waals surface area contributed by atoms with Crippen molar-refractivity contribution < 1.29 is 5.11 Å². The lowest BCUT2D eigenvalue weighted by Crippen LogP contribution is -2.35. The molecule has 0 atom stereocenters. The largest absolute Gasteiger partial charge is 0.389 e. The molecule has 0 aliphatic carbocycles. The van der Waals surface area contributed by atoms with Crippen LogP contribution in [0.25, 0.3) is 0 Å². The van der Waals surface area contributed by atoms with Crippen LogP contribution >= 0.6 is 15.9 Å². The van der Waals surface area contributed by atoms with Crippen LogP contribution in [0.1, 0.15) is 25.0 Å². The van der Waals surface area contributed by atoms with E-state index in [0.717, 1.165) is 16.6 Å². The Morgan fingerprint density at radius 3 is 2.59 bits per heavy atom. The van der Waals surface area contributed by atoms with Gasteiger partial charge in [0.2, 0.25) is 0 Å². The van der Waals surface area contributed by atoms with Crippen LogP contribution in [0.3, 0.4) is 0 Å². The number of hydrogen-bond acceptors (Lipinski definition) is 3. The molecule has 0 spiro atoms. The van der Waals surface area contributed by atoms with Gasteiger partial charge in [-0.05, 0) is 38.6 Å². The zero-order valence-electron chi connectivity index (χ0n) is 10.4. The molecule has 1 aromatic carbocycles. The number of rotatable bonds is 4. The minimum atomic E-state index is -0.701. The van der Waals surface area contributed by atoms with Gasteiger partial charge in [0.15, 0.2) is 0 Å². The standard InChI is InChI=1S/C13H17BrN2O/c1-13(2,17)9-16(3)8-11-5-4-10(7-15)6-12(11)14/h4-6,17H,8-9H2,1-3H3. The lowest BCUT2D eigenvalue weighted by atomic mass is 10.1. The molecule has 0 saturated carbocycles. The number of halogens is 1. The highest BCUT2D eigenvalue weighted by atomic mass is 79.9. The molecule has 0 bridgehead atoms. The zero-order chi connectivity index (χ0) is 13.1. The molecule has 1 rings (SSSR count). The third-order valence-electron chi connectivity index (χ3n) is 2.28. The maximum atomic E-state index is 9.72. The summed E-state index contributed by atoms with van der Waals surface area (Å²) in [7, 11) is 1.96. The summed E-state index contributed by atoms with van der Waals surface area (Å²) in [6.07, 6.45) is 0. The number of hydrogen-bond donors (Lipinski definition) is 1. The summed E-state index contributed by atoms with van der Waals surface area (Å²) in [5.74, 6) is 0. The van der Waals surface area contributed by atoms with Crippen molar-refractivity contribution in [3.05, 3.63) is 33.8 Å². The van der Waals surface area contributed by atoms with E-state index < -0.39 is 5.60 Å². The fraction of sp³-hybridized carbons (Fsp3) is 0.462. The summed E-state index contributed by atoms with van der Waals surface area (Å²) in [6, 6.07) is 7.65. The molecule has 1 aromatic rings. The van der Waals surface area contributed by atoms with Gasteiger partial charge in [-0.1, -0.05) is 22.0 Å². The molecule has 0 radical (unpaired) electrons. The highest BCUT2D eigenvalue weighted by molar-refractivity contribution is 9.10. The molecule has 0 amide bonds. The first-order valence-electron chi connectivity index (χ1n) is 5.41. The first-order chi connectivity index (χ1) is 7.81. The average Bonchev–Trinajstić information content (AvgIpc) is 2.18. The monoisotopic (exact) mass is 296 g/mol.